The summed E-state index contributed by atoms with van der Waals surface area (Å²) in [7, 11) is 0. The van der Waals surface area contributed by atoms with E-state index >= 15 is 0 Å². The lowest BCUT2D eigenvalue weighted by Gasteiger charge is -2.16. The van der Waals surface area contributed by atoms with Gasteiger partial charge in [-0.3, -0.25) is 4.79 Å². The van der Waals surface area contributed by atoms with Gasteiger partial charge in [0, 0.05) is 23.5 Å². The van der Waals surface area contributed by atoms with Gasteiger partial charge in [-0.05, 0) is 12.0 Å². The van der Waals surface area contributed by atoms with Crippen LogP contribution in [0.2, 0.25) is 0 Å². The highest BCUT2D eigenvalue weighted by Crippen LogP contribution is 2.20. The van der Waals surface area contributed by atoms with Gasteiger partial charge in [0.05, 0.1) is 12.4 Å². The first-order valence-electron chi connectivity index (χ1n) is 9.46. The Morgan fingerprint density at radius 3 is 1.75 bits per heavy atom. The normalized spacial score (nSPS) is 11.2. The monoisotopic (exact) mass is 368 g/mol. The summed E-state index contributed by atoms with van der Waals surface area (Å²) in [4.78, 5) is 15.9. The zero-order valence-corrected chi connectivity index (χ0v) is 16.0. The van der Waals surface area contributed by atoms with Crippen molar-refractivity contribution in [2.45, 2.75) is 19.4 Å². The topological polar surface area (TPSA) is 34.9 Å². The molecular formula is C25H24N2O. The van der Waals surface area contributed by atoms with E-state index in [1.165, 1.54) is 5.56 Å². The van der Waals surface area contributed by atoms with Gasteiger partial charge in [0.25, 0.3) is 0 Å². The highest BCUT2D eigenvalue weighted by molar-refractivity contribution is 6.08. The Morgan fingerprint density at radius 2 is 1.32 bits per heavy atom. The molecule has 1 aromatic heterocycles. The van der Waals surface area contributed by atoms with Crippen LogP contribution in [0.5, 0.6) is 0 Å². The van der Waals surface area contributed by atoms with Crippen molar-refractivity contribution in [3.63, 3.8) is 0 Å². The predicted octanol–water partition coefficient (Wildman–Crippen LogP) is 5.80. The van der Waals surface area contributed by atoms with Crippen LogP contribution in [-0.2, 0) is 0 Å². The zero-order valence-electron chi connectivity index (χ0n) is 16.0. The molecule has 1 atom stereocenters. The van der Waals surface area contributed by atoms with Gasteiger partial charge in [0.15, 0.2) is 5.78 Å². The third-order valence-corrected chi connectivity index (χ3v) is 4.53. The highest BCUT2D eigenvalue weighted by atomic mass is 16.1. The van der Waals surface area contributed by atoms with Gasteiger partial charge in [-0.1, -0.05) is 97.9 Å². The Balaban J connectivity index is 0.000000161. The Bertz CT molecular complexity index is 908. The van der Waals surface area contributed by atoms with E-state index in [4.69, 9.17) is 0 Å². The van der Waals surface area contributed by atoms with Gasteiger partial charge < -0.3 is 4.57 Å². The van der Waals surface area contributed by atoms with Crippen molar-refractivity contribution < 1.29 is 4.79 Å². The maximum Gasteiger partial charge on any atom is 0.193 e. The number of hydrogen-bond donors (Lipinski definition) is 0. The minimum atomic E-state index is 0.0752. The van der Waals surface area contributed by atoms with Crippen molar-refractivity contribution in [1.82, 2.24) is 9.55 Å². The molecule has 0 aliphatic carbocycles. The van der Waals surface area contributed by atoms with Gasteiger partial charge in [-0.15, -0.1) is 0 Å². The first-order chi connectivity index (χ1) is 13.8. The molecule has 0 fully saturated rings. The summed E-state index contributed by atoms with van der Waals surface area (Å²) in [6.07, 6.45) is 6.80. The number of ketones is 1. The lowest BCUT2D eigenvalue weighted by atomic mass is 10.0. The summed E-state index contributed by atoms with van der Waals surface area (Å²) in [5.41, 5.74) is 2.81. The number of benzene rings is 3. The molecule has 0 saturated heterocycles. The summed E-state index contributed by atoms with van der Waals surface area (Å²) >= 11 is 0. The summed E-state index contributed by atoms with van der Waals surface area (Å²) in [6, 6.07) is 29.5. The van der Waals surface area contributed by atoms with Crippen LogP contribution in [-0.4, -0.2) is 15.3 Å². The second-order valence-electron chi connectivity index (χ2n) is 6.41. The molecule has 0 saturated carbocycles. The minimum Gasteiger partial charge on any atom is -0.330 e. The van der Waals surface area contributed by atoms with Crippen LogP contribution in [0.25, 0.3) is 0 Å². The van der Waals surface area contributed by atoms with E-state index in [1.807, 2.05) is 85.5 Å². The van der Waals surface area contributed by atoms with Crippen LogP contribution in [0.1, 0.15) is 40.9 Å². The lowest BCUT2D eigenvalue weighted by Crippen LogP contribution is -2.07. The third-order valence-electron chi connectivity index (χ3n) is 4.53. The predicted molar refractivity (Wildman–Crippen MR) is 113 cm³/mol. The second-order valence-corrected chi connectivity index (χ2v) is 6.41. The van der Waals surface area contributed by atoms with Crippen LogP contribution in [0.15, 0.2) is 110 Å². The molecule has 1 heterocycles. The molecule has 0 aliphatic heterocycles. The molecule has 0 amide bonds. The molecule has 0 radical (unpaired) electrons. The number of nitrogens with zero attached hydrogens (tertiary/aromatic N) is 2. The van der Waals surface area contributed by atoms with Crippen LogP contribution >= 0.6 is 0 Å². The van der Waals surface area contributed by atoms with E-state index in [1.54, 1.807) is 0 Å². The van der Waals surface area contributed by atoms with E-state index in [0.29, 0.717) is 6.04 Å². The van der Waals surface area contributed by atoms with Crippen molar-refractivity contribution in [2.75, 3.05) is 0 Å². The lowest BCUT2D eigenvalue weighted by molar-refractivity contribution is 0.103. The van der Waals surface area contributed by atoms with Gasteiger partial charge in [-0.2, -0.15) is 0 Å². The molecule has 3 aromatic carbocycles. The van der Waals surface area contributed by atoms with Crippen molar-refractivity contribution in [3.8, 4) is 0 Å². The molecule has 28 heavy (non-hydrogen) atoms. The molecule has 140 valence electrons. The van der Waals surface area contributed by atoms with E-state index < -0.39 is 0 Å². The summed E-state index contributed by atoms with van der Waals surface area (Å²) in [5.74, 6) is 0.0752. The van der Waals surface area contributed by atoms with Crippen LogP contribution < -0.4 is 0 Å². The summed E-state index contributed by atoms with van der Waals surface area (Å²) in [6.45, 7) is 2.19. The molecule has 3 nitrogen and oxygen atoms in total. The van der Waals surface area contributed by atoms with E-state index in [-0.39, 0.29) is 5.78 Å². The minimum absolute atomic E-state index is 0.0752. The van der Waals surface area contributed by atoms with Gasteiger partial charge in [0.2, 0.25) is 0 Å². The molecule has 0 N–H and O–H groups in total. The van der Waals surface area contributed by atoms with Crippen molar-refractivity contribution in [1.29, 1.82) is 0 Å². The van der Waals surface area contributed by atoms with Crippen molar-refractivity contribution in [3.05, 3.63) is 126 Å². The fraction of sp³-hybridized carbons (Fsp3) is 0.120. The van der Waals surface area contributed by atoms with Crippen molar-refractivity contribution >= 4 is 5.78 Å². The van der Waals surface area contributed by atoms with Crippen LogP contribution in [0, 0.1) is 0 Å². The third kappa shape index (κ3) is 5.04. The quantitative estimate of drug-likeness (QED) is 0.417. The first-order valence-corrected chi connectivity index (χ1v) is 9.46. The number of hydrogen-bond acceptors (Lipinski definition) is 2. The van der Waals surface area contributed by atoms with Gasteiger partial charge >= 0.3 is 0 Å². The fourth-order valence-electron chi connectivity index (χ4n) is 3.09. The Morgan fingerprint density at radius 1 is 0.821 bits per heavy atom. The van der Waals surface area contributed by atoms with E-state index in [0.717, 1.165) is 17.5 Å². The van der Waals surface area contributed by atoms with E-state index in [2.05, 4.69) is 40.7 Å². The molecular weight excluding hydrogens is 344 g/mol. The molecule has 0 aliphatic rings. The zero-order chi connectivity index (χ0) is 19.6. The second kappa shape index (κ2) is 10.0. The average molecular weight is 368 g/mol. The number of aromatic nitrogens is 2. The SMILES string of the molecule is CCC(c1ccccc1)n1ccnc1.O=C(c1ccccc1)c1ccccc1. The highest BCUT2D eigenvalue weighted by Gasteiger charge is 2.09. The van der Waals surface area contributed by atoms with Crippen LogP contribution in [0.4, 0.5) is 0 Å². The number of imidazole rings is 1. The maximum absolute atomic E-state index is 11.8. The Labute approximate surface area is 166 Å². The van der Waals surface area contributed by atoms with Crippen LogP contribution in [0.3, 0.4) is 0 Å². The molecule has 0 spiro atoms. The summed E-state index contributed by atoms with van der Waals surface area (Å²) < 4.78 is 2.15. The Kier molecular flexibility index (Phi) is 6.91. The average Bonchev–Trinajstić information content (AvgIpc) is 3.31. The van der Waals surface area contributed by atoms with Gasteiger partial charge in [0.1, 0.15) is 0 Å². The molecule has 1 unspecified atom stereocenters. The Hall–Kier alpha value is -3.46. The molecule has 3 heteroatoms. The smallest absolute Gasteiger partial charge is 0.193 e. The first kappa shape index (κ1) is 19.3. The van der Waals surface area contributed by atoms with E-state index in [9.17, 15) is 4.79 Å². The fourth-order valence-corrected chi connectivity index (χ4v) is 3.09. The molecule has 4 aromatic rings. The number of rotatable bonds is 5. The largest absolute Gasteiger partial charge is 0.330 e. The molecule has 0 bridgehead atoms. The van der Waals surface area contributed by atoms with Gasteiger partial charge in [-0.25, -0.2) is 4.98 Å². The summed E-state index contributed by atoms with van der Waals surface area (Å²) in [5, 5.41) is 0. The van der Waals surface area contributed by atoms with Crippen molar-refractivity contribution in [2.24, 2.45) is 0 Å². The molecule has 4 rings (SSSR count). The standard InChI is InChI=1S/C13H10O.C12H14N2/c14-13(11-7-3-1-4-8-11)12-9-5-2-6-10-12;1-2-12(14-9-8-13-10-14)11-6-4-3-5-7-11/h1-10H;3-10,12H,2H2,1H3. The number of carbonyl (C=O) groups is 1. The maximum atomic E-state index is 11.8. The number of carbonyl (C=O) groups excluding carboxylic acids is 1.